The molecule has 0 bridgehead atoms. The summed E-state index contributed by atoms with van der Waals surface area (Å²) in [7, 11) is 0. The lowest BCUT2D eigenvalue weighted by molar-refractivity contribution is 0.104. The molecule has 0 fully saturated rings. The molecular weight excluding hydrogens is 240 g/mol. The van der Waals surface area contributed by atoms with E-state index in [4.69, 9.17) is 10.00 Å². The van der Waals surface area contributed by atoms with E-state index in [-0.39, 0.29) is 6.61 Å². The van der Waals surface area contributed by atoms with Crippen LogP contribution in [0, 0.1) is 11.3 Å². The smallest absolute Gasteiger partial charge is 0.119 e. The molecule has 0 radical (unpaired) electrons. The standard InChI is InChI=1S/C15H18N2O2/c16-9-12-5-7-15(8-6-12)19-11-14(18)10-17-13-3-1-2-4-13/h1-2,5-8,13-14,17-18H,3-4,10-11H2. The van der Waals surface area contributed by atoms with Gasteiger partial charge in [-0.25, -0.2) is 0 Å². The predicted octanol–water partition coefficient (Wildman–Crippen LogP) is 1.61. The van der Waals surface area contributed by atoms with Crippen molar-refractivity contribution < 1.29 is 9.84 Å². The summed E-state index contributed by atoms with van der Waals surface area (Å²) in [6, 6.07) is 9.37. The Kier molecular flexibility index (Phi) is 4.96. The minimum absolute atomic E-state index is 0.249. The van der Waals surface area contributed by atoms with E-state index in [1.54, 1.807) is 24.3 Å². The number of nitrogens with one attached hydrogen (secondary N) is 1. The van der Waals surface area contributed by atoms with E-state index in [1.807, 2.05) is 6.07 Å². The van der Waals surface area contributed by atoms with Crippen molar-refractivity contribution in [3.05, 3.63) is 42.0 Å². The lowest BCUT2D eigenvalue weighted by Crippen LogP contribution is -2.36. The molecule has 19 heavy (non-hydrogen) atoms. The molecule has 1 aromatic carbocycles. The second kappa shape index (κ2) is 6.93. The van der Waals surface area contributed by atoms with Gasteiger partial charge in [0, 0.05) is 12.6 Å². The second-order valence-electron chi connectivity index (χ2n) is 4.65. The van der Waals surface area contributed by atoms with Crippen LogP contribution in [-0.2, 0) is 0 Å². The lowest BCUT2D eigenvalue weighted by atomic mass is 10.2. The highest BCUT2D eigenvalue weighted by Crippen LogP contribution is 2.12. The Labute approximate surface area is 113 Å². The molecule has 0 aliphatic heterocycles. The third-order valence-electron chi connectivity index (χ3n) is 3.08. The fraction of sp³-hybridized carbons (Fsp3) is 0.400. The fourth-order valence-electron chi connectivity index (χ4n) is 1.96. The van der Waals surface area contributed by atoms with E-state index in [0.29, 0.717) is 23.9 Å². The van der Waals surface area contributed by atoms with E-state index in [9.17, 15) is 5.11 Å². The quantitative estimate of drug-likeness (QED) is 0.761. The van der Waals surface area contributed by atoms with Gasteiger partial charge in [0.25, 0.3) is 0 Å². The van der Waals surface area contributed by atoms with Crippen molar-refractivity contribution in [2.24, 2.45) is 0 Å². The molecule has 0 heterocycles. The molecule has 1 unspecified atom stereocenters. The SMILES string of the molecule is N#Cc1ccc(OCC(O)CNC2CC=CC2)cc1. The number of hydrogen-bond donors (Lipinski definition) is 2. The van der Waals surface area contributed by atoms with Gasteiger partial charge in [0.1, 0.15) is 18.5 Å². The number of hydrogen-bond acceptors (Lipinski definition) is 4. The first-order valence-corrected chi connectivity index (χ1v) is 6.47. The Morgan fingerprint density at radius 3 is 2.63 bits per heavy atom. The molecule has 4 heteroatoms. The molecule has 1 aromatic rings. The summed E-state index contributed by atoms with van der Waals surface area (Å²) in [4.78, 5) is 0. The van der Waals surface area contributed by atoms with Crippen LogP contribution in [0.1, 0.15) is 18.4 Å². The molecule has 2 rings (SSSR count). The van der Waals surface area contributed by atoms with E-state index in [1.165, 1.54) is 0 Å². The summed E-state index contributed by atoms with van der Waals surface area (Å²) in [5, 5.41) is 21.8. The fourth-order valence-corrected chi connectivity index (χ4v) is 1.96. The molecule has 1 aliphatic rings. The highest BCUT2D eigenvalue weighted by molar-refractivity contribution is 5.34. The average molecular weight is 258 g/mol. The van der Waals surface area contributed by atoms with Crippen LogP contribution in [0.25, 0.3) is 0 Å². The van der Waals surface area contributed by atoms with E-state index in [2.05, 4.69) is 17.5 Å². The number of nitriles is 1. The first kappa shape index (κ1) is 13.6. The molecule has 1 atom stereocenters. The lowest BCUT2D eigenvalue weighted by Gasteiger charge is -2.16. The van der Waals surface area contributed by atoms with E-state index < -0.39 is 6.10 Å². The number of aliphatic hydroxyl groups is 1. The van der Waals surface area contributed by atoms with Crippen LogP contribution >= 0.6 is 0 Å². The molecule has 4 nitrogen and oxygen atoms in total. The van der Waals surface area contributed by atoms with Crippen LogP contribution in [0.4, 0.5) is 0 Å². The van der Waals surface area contributed by atoms with Crippen molar-refractivity contribution in [2.75, 3.05) is 13.2 Å². The zero-order valence-electron chi connectivity index (χ0n) is 10.7. The molecular formula is C15H18N2O2. The molecule has 100 valence electrons. The van der Waals surface area contributed by atoms with Gasteiger partial charge < -0.3 is 15.2 Å². The maximum atomic E-state index is 9.81. The van der Waals surface area contributed by atoms with Crippen molar-refractivity contribution in [3.63, 3.8) is 0 Å². The van der Waals surface area contributed by atoms with Crippen molar-refractivity contribution in [1.82, 2.24) is 5.32 Å². The molecule has 0 aromatic heterocycles. The van der Waals surface area contributed by atoms with Gasteiger partial charge in [-0.1, -0.05) is 12.2 Å². The highest BCUT2D eigenvalue weighted by Gasteiger charge is 2.12. The zero-order valence-corrected chi connectivity index (χ0v) is 10.7. The van der Waals surface area contributed by atoms with Crippen molar-refractivity contribution >= 4 is 0 Å². The molecule has 0 amide bonds. The monoisotopic (exact) mass is 258 g/mol. The van der Waals surface area contributed by atoms with Crippen LogP contribution in [0.3, 0.4) is 0 Å². The largest absolute Gasteiger partial charge is 0.491 e. The molecule has 0 saturated carbocycles. The van der Waals surface area contributed by atoms with E-state index >= 15 is 0 Å². The number of nitrogens with zero attached hydrogens (tertiary/aromatic N) is 1. The molecule has 1 aliphatic carbocycles. The minimum atomic E-state index is -0.531. The zero-order chi connectivity index (χ0) is 13.5. The third-order valence-corrected chi connectivity index (χ3v) is 3.08. The normalized spacial score (nSPS) is 16.2. The van der Waals surface area contributed by atoms with Crippen LogP contribution in [0.5, 0.6) is 5.75 Å². The molecule has 2 N–H and O–H groups in total. The number of rotatable bonds is 6. The Bertz CT molecular complexity index is 454. The Balaban J connectivity index is 1.67. The summed E-state index contributed by atoms with van der Waals surface area (Å²) in [5.74, 6) is 0.667. The van der Waals surface area contributed by atoms with Gasteiger partial charge in [0.2, 0.25) is 0 Å². The average Bonchev–Trinajstić information content (AvgIpc) is 2.96. The Morgan fingerprint density at radius 2 is 2.00 bits per heavy atom. The Hall–Kier alpha value is -1.83. The maximum Gasteiger partial charge on any atom is 0.119 e. The van der Waals surface area contributed by atoms with E-state index in [0.717, 1.165) is 12.8 Å². The maximum absolute atomic E-state index is 9.81. The number of aliphatic hydroxyl groups excluding tert-OH is 1. The summed E-state index contributed by atoms with van der Waals surface area (Å²) in [6.07, 6.45) is 5.83. The topological polar surface area (TPSA) is 65.3 Å². The van der Waals surface area contributed by atoms with Crippen molar-refractivity contribution in [2.45, 2.75) is 25.0 Å². The second-order valence-corrected chi connectivity index (χ2v) is 4.65. The molecule has 0 saturated heterocycles. The third kappa shape index (κ3) is 4.40. The highest BCUT2D eigenvalue weighted by atomic mass is 16.5. The molecule has 0 spiro atoms. The van der Waals surface area contributed by atoms with Gasteiger partial charge in [-0.15, -0.1) is 0 Å². The summed E-state index contributed by atoms with van der Waals surface area (Å²) in [6.45, 7) is 0.779. The van der Waals surface area contributed by atoms with Crippen LogP contribution in [0.2, 0.25) is 0 Å². The minimum Gasteiger partial charge on any atom is -0.491 e. The summed E-state index contributed by atoms with van der Waals surface area (Å²) in [5.41, 5.74) is 0.600. The number of benzene rings is 1. The van der Waals surface area contributed by atoms with Crippen LogP contribution < -0.4 is 10.1 Å². The van der Waals surface area contributed by atoms with Gasteiger partial charge in [0.15, 0.2) is 0 Å². The van der Waals surface area contributed by atoms with Gasteiger partial charge >= 0.3 is 0 Å². The van der Waals surface area contributed by atoms with Gasteiger partial charge in [-0.05, 0) is 37.1 Å². The van der Waals surface area contributed by atoms with Crippen LogP contribution in [0.15, 0.2) is 36.4 Å². The predicted molar refractivity (Wildman–Crippen MR) is 72.8 cm³/mol. The van der Waals surface area contributed by atoms with Gasteiger partial charge in [-0.3, -0.25) is 0 Å². The van der Waals surface area contributed by atoms with Gasteiger partial charge in [-0.2, -0.15) is 5.26 Å². The summed E-state index contributed by atoms with van der Waals surface area (Å²) >= 11 is 0. The van der Waals surface area contributed by atoms with Gasteiger partial charge in [0.05, 0.1) is 11.6 Å². The van der Waals surface area contributed by atoms with Crippen LogP contribution in [-0.4, -0.2) is 30.4 Å². The first-order valence-electron chi connectivity index (χ1n) is 6.47. The number of ether oxygens (including phenoxy) is 1. The van der Waals surface area contributed by atoms with Crippen molar-refractivity contribution in [1.29, 1.82) is 5.26 Å². The Morgan fingerprint density at radius 1 is 1.32 bits per heavy atom. The summed E-state index contributed by atoms with van der Waals surface area (Å²) < 4.78 is 5.47. The van der Waals surface area contributed by atoms with Crippen molar-refractivity contribution in [3.8, 4) is 11.8 Å². The first-order chi connectivity index (χ1) is 9.28.